The summed E-state index contributed by atoms with van der Waals surface area (Å²) in [5.74, 6) is 1.98. The predicted octanol–water partition coefficient (Wildman–Crippen LogP) is 1.79. The van der Waals surface area contributed by atoms with Crippen LogP contribution in [0.15, 0.2) is 30.3 Å². The number of hydrogen-bond donors (Lipinski definition) is 1. The lowest BCUT2D eigenvalue weighted by Gasteiger charge is -2.15. The van der Waals surface area contributed by atoms with Crippen molar-refractivity contribution in [3.63, 3.8) is 0 Å². The monoisotopic (exact) mass is 228 g/mol. The van der Waals surface area contributed by atoms with Crippen molar-refractivity contribution in [3.8, 4) is 11.4 Å². The van der Waals surface area contributed by atoms with Crippen molar-refractivity contribution in [2.45, 2.75) is 19.4 Å². The molecule has 1 aliphatic rings. The van der Waals surface area contributed by atoms with E-state index in [-0.39, 0.29) is 0 Å². The Morgan fingerprint density at radius 2 is 2.06 bits per heavy atom. The largest absolute Gasteiger partial charge is 0.315 e. The summed E-state index contributed by atoms with van der Waals surface area (Å²) in [6.07, 6.45) is 1.15. The van der Waals surface area contributed by atoms with Crippen molar-refractivity contribution in [1.82, 2.24) is 20.1 Å². The summed E-state index contributed by atoms with van der Waals surface area (Å²) in [6, 6.07) is 10.8. The van der Waals surface area contributed by atoms with Crippen molar-refractivity contribution >= 4 is 0 Å². The SMILES string of the molecule is Cc1nnc(-c2ccccc2)n1C1CCNC1. The first kappa shape index (κ1) is 10.5. The van der Waals surface area contributed by atoms with Crippen LogP contribution in [0.1, 0.15) is 18.3 Å². The summed E-state index contributed by atoms with van der Waals surface area (Å²) >= 11 is 0. The molecule has 0 radical (unpaired) electrons. The second kappa shape index (κ2) is 4.30. The summed E-state index contributed by atoms with van der Waals surface area (Å²) < 4.78 is 2.26. The molecule has 2 aromatic rings. The molecule has 88 valence electrons. The van der Waals surface area contributed by atoms with Crippen molar-refractivity contribution in [2.24, 2.45) is 0 Å². The number of nitrogens with one attached hydrogen (secondary N) is 1. The van der Waals surface area contributed by atoms with E-state index in [1.165, 1.54) is 0 Å². The molecule has 1 fully saturated rings. The first-order valence-corrected chi connectivity index (χ1v) is 6.04. The van der Waals surface area contributed by atoms with Gasteiger partial charge in [0, 0.05) is 12.1 Å². The Balaban J connectivity index is 2.06. The molecular weight excluding hydrogens is 212 g/mol. The highest BCUT2D eigenvalue weighted by atomic mass is 15.3. The van der Waals surface area contributed by atoms with Crippen LogP contribution in [-0.4, -0.2) is 27.9 Å². The van der Waals surface area contributed by atoms with E-state index in [1.54, 1.807) is 0 Å². The molecule has 1 aliphatic heterocycles. The van der Waals surface area contributed by atoms with E-state index in [1.807, 2.05) is 25.1 Å². The maximum absolute atomic E-state index is 4.32. The molecule has 1 aromatic carbocycles. The van der Waals surface area contributed by atoms with Gasteiger partial charge in [-0.2, -0.15) is 0 Å². The van der Waals surface area contributed by atoms with Crippen molar-refractivity contribution in [3.05, 3.63) is 36.2 Å². The number of benzene rings is 1. The zero-order chi connectivity index (χ0) is 11.7. The van der Waals surface area contributed by atoms with E-state index in [9.17, 15) is 0 Å². The average Bonchev–Trinajstić information content (AvgIpc) is 2.99. The lowest BCUT2D eigenvalue weighted by atomic mass is 10.2. The number of aromatic nitrogens is 3. The van der Waals surface area contributed by atoms with Gasteiger partial charge in [-0.25, -0.2) is 0 Å². The van der Waals surface area contributed by atoms with Gasteiger partial charge in [0.2, 0.25) is 0 Å². The molecule has 2 heterocycles. The molecule has 4 heteroatoms. The van der Waals surface area contributed by atoms with E-state index in [4.69, 9.17) is 0 Å². The Bertz CT molecular complexity index is 497. The Labute approximate surface area is 101 Å². The third-order valence-electron chi connectivity index (χ3n) is 3.30. The molecule has 1 N–H and O–H groups in total. The second-order valence-corrected chi connectivity index (χ2v) is 4.45. The van der Waals surface area contributed by atoms with Crippen LogP contribution < -0.4 is 5.32 Å². The maximum Gasteiger partial charge on any atom is 0.164 e. The van der Waals surface area contributed by atoms with E-state index >= 15 is 0 Å². The zero-order valence-electron chi connectivity index (χ0n) is 9.93. The minimum absolute atomic E-state index is 0.486. The molecule has 1 atom stereocenters. The molecule has 3 rings (SSSR count). The summed E-state index contributed by atoms with van der Waals surface area (Å²) in [6.45, 7) is 4.12. The lowest BCUT2D eigenvalue weighted by molar-refractivity contribution is 0.537. The van der Waals surface area contributed by atoms with Gasteiger partial charge in [0.05, 0.1) is 6.04 Å². The summed E-state index contributed by atoms with van der Waals surface area (Å²) in [4.78, 5) is 0. The standard InChI is InChI=1S/C13H16N4/c1-10-15-16-13(11-5-3-2-4-6-11)17(10)12-7-8-14-9-12/h2-6,12,14H,7-9H2,1H3. The molecule has 0 aliphatic carbocycles. The highest BCUT2D eigenvalue weighted by molar-refractivity contribution is 5.55. The van der Waals surface area contributed by atoms with Crippen LogP contribution in [0, 0.1) is 6.92 Å². The number of rotatable bonds is 2. The molecule has 17 heavy (non-hydrogen) atoms. The van der Waals surface area contributed by atoms with Gasteiger partial charge in [-0.15, -0.1) is 10.2 Å². The Kier molecular flexibility index (Phi) is 2.65. The van der Waals surface area contributed by atoms with Gasteiger partial charge in [0.25, 0.3) is 0 Å². The number of nitrogens with zero attached hydrogens (tertiary/aromatic N) is 3. The summed E-state index contributed by atoms with van der Waals surface area (Å²) in [7, 11) is 0. The normalized spacial score (nSPS) is 19.7. The van der Waals surface area contributed by atoms with Crippen LogP contribution in [0.25, 0.3) is 11.4 Å². The number of aryl methyl sites for hydroxylation is 1. The molecule has 0 saturated carbocycles. The quantitative estimate of drug-likeness (QED) is 0.852. The van der Waals surface area contributed by atoms with Gasteiger partial charge in [0.1, 0.15) is 5.82 Å². The van der Waals surface area contributed by atoms with E-state index in [0.29, 0.717) is 6.04 Å². The fourth-order valence-corrected chi connectivity index (χ4v) is 2.45. The van der Waals surface area contributed by atoms with E-state index in [0.717, 1.165) is 36.7 Å². The van der Waals surface area contributed by atoms with Crippen molar-refractivity contribution < 1.29 is 0 Å². The summed E-state index contributed by atoms with van der Waals surface area (Å²) in [5.41, 5.74) is 1.14. The van der Waals surface area contributed by atoms with Crippen molar-refractivity contribution in [1.29, 1.82) is 0 Å². The fraction of sp³-hybridized carbons (Fsp3) is 0.385. The van der Waals surface area contributed by atoms with Gasteiger partial charge >= 0.3 is 0 Å². The second-order valence-electron chi connectivity index (χ2n) is 4.45. The van der Waals surface area contributed by atoms with Crippen LogP contribution in [0.2, 0.25) is 0 Å². The maximum atomic E-state index is 4.32. The van der Waals surface area contributed by atoms with Crippen LogP contribution in [0.5, 0.6) is 0 Å². The highest BCUT2D eigenvalue weighted by Gasteiger charge is 2.22. The van der Waals surface area contributed by atoms with Crippen LogP contribution in [0.4, 0.5) is 0 Å². The first-order valence-electron chi connectivity index (χ1n) is 6.04. The Morgan fingerprint density at radius 1 is 1.24 bits per heavy atom. The minimum Gasteiger partial charge on any atom is -0.315 e. The molecule has 4 nitrogen and oxygen atoms in total. The molecule has 0 bridgehead atoms. The Hall–Kier alpha value is -1.68. The minimum atomic E-state index is 0.486. The molecule has 0 spiro atoms. The molecule has 1 unspecified atom stereocenters. The van der Waals surface area contributed by atoms with Crippen LogP contribution in [0.3, 0.4) is 0 Å². The van der Waals surface area contributed by atoms with Crippen LogP contribution in [-0.2, 0) is 0 Å². The molecule has 1 aromatic heterocycles. The predicted molar refractivity (Wildman–Crippen MR) is 66.7 cm³/mol. The fourth-order valence-electron chi connectivity index (χ4n) is 2.45. The Morgan fingerprint density at radius 3 is 2.76 bits per heavy atom. The molecular formula is C13H16N4. The lowest BCUT2D eigenvalue weighted by Crippen LogP contribution is -2.15. The van der Waals surface area contributed by atoms with Gasteiger partial charge < -0.3 is 9.88 Å². The van der Waals surface area contributed by atoms with Crippen LogP contribution >= 0.6 is 0 Å². The average molecular weight is 228 g/mol. The number of hydrogen-bond acceptors (Lipinski definition) is 3. The van der Waals surface area contributed by atoms with Gasteiger partial charge in [-0.05, 0) is 19.9 Å². The van der Waals surface area contributed by atoms with Gasteiger partial charge in [-0.3, -0.25) is 0 Å². The smallest absolute Gasteiger partial charge is 0.164 e. The topological polar surface area (TPSA) is 42.7 Å². The molecule has 1 saturated heterocycles. The van der Waals surface area contributed by atoms with Gasteiger partial charge in [0.15, 0.2) is 5.82 Å². The van der Waals surface area contributed by atoms with E-state index < -0.39 is 0 Å². The van der Waals surface area contributed by atoms with E-state index in [2.05, 4.69) is 32.2 Å². The first-order chi connectivity index (χ1) is 8.36. The highest BCUT2D eigenvalue weighted by Crippen LogP contribution is 2.25. The molecule has 0 amide bonds. The third kappa shape index (κ3) is 1.85. The third-order valence-corrected chi connectivity index (χ3v) is 3.30. The summed E-state index contributed by atoms with van der Waals surface area (Å²) in [5, 5.41) is 11.9. The van der Waals surface area contributed by atoms with Crippen molar-refractivity contribution in [2.75, 3.05) is 13.1 Å². The zero-order valence-corrected chi connectivity index (χ0v) is 9.93. The van der Waals surface area contributed by atoms with Gasteiger partial charge in [-0.1, -0.05) is 30.3 Å².